The van der Waals surface area contributed by atoms with Gasteiger partial charge in [-0.15, -0.1) is 0 Å². The van der Waals surface area contributed by atoms with Gasteiger partial charge in [-0.1, -0.05) is 42.0 Å². The van der Waals surface area contributed by atoms with Crippen molar-refractivity contribution < 1.29 is 4.79 Å². The Kier molecular flexibility index (Phi) is 3.77. The summed E-state index contributed by atoms with van der Waals surface area (Å²) in [5.41, 5.74) is 4.74. The monoisotopic (exact) mass is 316 g/mol. The van der Waals surface area contributed by atoms with Gasteiger partial charge in [0.2, 0.25) is 0 Å². The number of likely N-dealkylation sites (tertiary alicyclic amines) is 1. The molecule has 0 saturated carbocycles. The van der Waals surface area contributed by atoms with Crippen LogP contribution in [0.25, 0.3) is 22.2 Å². The van der Waals surface area contributed by atoms with E-state index in [4.69, 9.17) is 4.98 Å². The molecule has 0 unspecified atom stereocenters. The van der Waals surface area contributed by atoms with Gasteiger partial charge in [0.05, 0.1) is 16.8 Å². The first-order valence-electron chi connectivity index (χ1n) is 8.48. The van der Waals surface area contributed by atoms with Crippen molar-refractivity contribution >= 4 is 16.8 Å². The van der Waals surface area contributed by atoms with Crippen molar-refractivity contribution in [2.24, 2.45) is 0 Å². The van der Waals surface area contributed by atoms with Gasteiger partial charge in [-0.2, -0.15) is 0 Å². The molecular formula is C21H20N2O. The Morgan fingerprint density at radius 2 is 1.79 bits per heavy atom. The van der Waals surface area contributed by atoms with Gasteiger partial charge in [0, 0.05) is 24.0 Å². The molecule has 4 rings (SSSR count). The second-order valence-electron chi connectivity index (χ2n) is 6.44. The zero-order chi connectivity index (χ0) is 16.5. The number of para-hydroxylation sites is 1. The van der Waals surface area contributed by atoms with Crippen LogP contribution < -0.4 is 0 Å². The van der Waals surface area contributed by atoms with Crippen LogP contribution in [0.2, 0.25) is 0 Å². The Hall–Kier alpha value is -2.68. The van der Waals surface area contributed by atoms with E-state index in [1.165, 1.54) is 5.56 Å². The third-order valence-corrected chi connectivity index (χ3v) is 4.65. The van der Waals surface area contributed by atoms with Gasteiger partial charge in [-0.25, -0.2) is 4.98 Å². The molecule has 0 spiro atoms. The first-order valence-corrected chi connectivity index (χ1v) is 8.48. The minimum atomic E-state index is 0.125. The lowest BCUT2D eigenvalue weighted by Gasteiger charge is -2.17. The van der Waals surface area contributed by atoms with Crippen LogP contribution in [-0.2, 0) is 0 Å². The van der Waals surface area contributed by atoms with E-state index in [-0.39, 0.29) is 5.91 Å². The molecule has 0 radical (unpaired) electrons. The van der Waals surface area contributed by atoms with Crippen LogP contribution in [0.4, 0.5) is 0 Å². The number of aromatic nitrogens is 1. The predicted molar refractivity (Wildman–Crippen MR) is 97.1 cm³/mol. The molecule has 1 fully saturated rings. The Morgan fingerprint density at radius 1 is 1.00 bits per heavy atom. The lowest BCUT2D eigenvalue weighted by atomic mass is 10.0. The summed E-state index contributed by atoms with van der Waals surface area (Å²) in [6.45, 7) is 3.78. The van der Waals surface area contributed by atoms with E-state index in [1.807, 2.05) is 47.4 Å². The van der Waals surface area contributed by atoms with E-state index in [0.29, 0.717) is 0 Å². The van der Waals surface area contributed by atoms with Gasteiger partial charge in [-0.3, -0.25) is 4.79 Å². The number of carbonyl (C=O) groups is 1. The molecular weight excluding hydrogens is 296 g/mol. The van der Waals surface area contributed by atoms with Crippen molar-refractivity contribution in [2.45, 2.75) is 19.8 Å². The predicted octanol–water partition coefficient (Wildman–Crippen LogP) is 4.45. The second-order valence-corrected chi connectivity index (χ2v) is 6.44. The lowest BCUT2D eigenvalue weighted by molar-refractivity contribution is 0.0794. The van der Waals surface area contributed by atoms with Crippen molar-refractivity contribution in [1.82, 2.24) is 9.88 Å². The maximum absolute atomic E-state index is 13.0. The molecule has 0 N–H and O–H groups in total. The topological polar surface area (TPSA) is 33.2 Å². The third kappa shape index (κ3) is 2.67. The maximum Gasteiger partial charge on any atom is 0.254 e. The largest absolute Gasteiger partial charge is 0.339 e. The number of amides is 1. The molecule has 2 heterocycles. The van der Waals surface area contributed by atoms with Gasteiger partial charge in [0.15, 0.2) is 0 Å². The fraction of sp³-hybridized carbons (Fsp3) is 0.238. The fourth-order valence-corrected chi connectivity index (χ4v) is 3.40. The average molecular weight is 316 g/mol. The van der Waals surface area contributed by atoms with Gasteiger partial charge in [-0.05, 0) is 38.0 Å². The van der Waals surface area contributed by atoms with Crippen LogP contribution >= 0.6 is 0 Å². The standard InChI is InChI=1S/C21H20N2O/c1-15-7-6-8-16(13-15)20-14-18(21(24)23-11-4-5-12-23)17-9-2-3-10-19(17)22-20/h2-3,6-10,13-14H,4-5,11-12H2,1H3. The molecule has 0 bridgehead atoms. The normalized spacial score (nSPS) is 14.3. The Morgan fingerprint density at radius 3 is 2.58 bits per heavy atom. The highest BCUT2D eigenvalue weighted by Crippen LogP contribution is 2.27. The number of fused-ring (bicyclic) bond motifs is 1. The lowest BCUT2D eigenvalue weighted by Crippen LogP contribution is -2.27. The van der Waals surface area contributed by atoms with Gasteiger partial charge >= 0.3 is 0 Å². The van der Waals surface area contributed by atoms with E-state index >= 15 is 0 Å². The Labute approximate surface area is 141 Å². The minimum Gasteiger partial charge on any atom is -0.339 e. The summed E-state index contributed by atoms with van der Waals surface area (Å²) in [4.78, 5) is 19.8. The molecule has 3 heteroatoms. The first kappa shape index (κ1) is 14.9. The number of benzene rings is 2. The summed E-state index contributed by atoms with van der Waals surface area (Å²) in [7, 11) is 0. The number of aryl methyl sites for hydroxylation is 1. The zero-order valence-electron chi connectivity index (χ0n) is 13.8. The summed E-state index contributed by atoms with van der Waals surface area (Å²) in [6, 6.07) is 18.1. The van der Waals surface area contributed by atoms with Gasteiger partial charge < -0.3 is 4.90 Å². The molecule has 1 amide bonds. The van der Waals surface area contributed by atoms with Crippen molar-refractivity contribution in [3.05, 3.63) is 65.7 Å². The number of hydrogen-bond donors (Lipinski definition) is 0. The average Bonchev–Trinajstić information content (AvgIpc) is 3.15. The van der Waals surface area contributed by atoms with Crippen molar-refractivity contribution in [1.29, 1.82) is 0 Å². The van der Waals surface area contributed by atoms with E-state index < -0.39 is 0 Å². The molecule has 0 atom stereocenters. The molecule has 1 aliphatic heterocycles. The van der Waals surface area contributed by atoms with E-state index in [2.05, 4.69) is 19.1 Å². The van der Waals surface area contributed by atoms with E-state index in [1.54, 1.807) is 0 Å². The first-order chi connectivity index (χ1) is 11.7. The SMILES string of the molecule is Cc1cccc(-c2cc(C(=O)N3CCCC3)c3ccccc3n2)c1. The van der Waals surface area contributed by atoms with Crippen molar-refractivity contribution in [3.63, 3.8) is 0 Å². The molecule has 24 heavy (non-hydrogen) atoms. The molecule has 1 aliphatic rings. The number of hydrogen-bond acceptors (Lipinski definition) is 2. The summed E-state index contributed by atoms with van der Waals surface area (Å²) >= 11 is 0. The van der Waals surface area contributed by atoms with Crippen LogP contribution in [0.1, 0.15) is 28.8 Å². The second kappa shape index (κ2) is 6.08. The highest BCUT2D eigenvalue weighted by atomic mass is 16.2. The molecule has 1 saturated heterocycles. The van der Waals surface area contributed by atoms with Crippen LogP contribution in [0.5, 0.6) is 0 Å². The van der Waals surface area contributed by atoms with Crippen LogP contribution in [0.3, 0.4) is 0 Å². The summed E-state index contributed by atoms with van der Waals surface area (Å²) < 4.78 is 0. The van der Waals surface area contributed by atoms with Gasteiger partial charge in [0.25, 0.3) is 5.91 Å². The number of pyridine rings is 1. The fourth-order valence-electron chi connectivity index (χ4n) is 3.40. The number of nitrogens with zero attached hydrogens (tertiary/aromatic N) is 2. The van der Waals surface area contributed by atoms with Crippen molar-refractivity contribution in [2.75, 3.05) is 13.1 Å². The third-order valence-electron chi connectivity index (χ3n) is 4.65. The molecule has 120 valence electrons. The summed E-state index contributed by atoms with van der Waals surface area (Å²) in [5.74, 6) is 0.125. The Balaban J connectivity index is 1.89. The molecule has 3 aromatic rings. The van der Waals surface area contributed by atoms with Crippen LogP contribution in [0, 0.1) is 6.92 Å². The quantitative estimate of drug-likeness (QED) is 0.700. The molecule has 3 nitrogen and oxygen atoms in total. The minimum absolute atomic E-state index is 0.125. The number of rotatable bonds is 2. The summed E-state index contributed by atoms with van der Waals surface area (Å²) in [5, 5.41) is 0.936. The van der Waals surface area contributed by atoms with Crippen LogP contribution in [0.15, 0.2) is 54.6 Å². The maximum atomic E-state index is 13.0. The Bertz CT molecular complexity index is 911. The number of carbonyl (C=O) groups excluding carboxylic acids is 1. The van der Waals surface area contributed by atoms with E-state index in [9.17, 15) is 4.79 Å². The van der Waals surface area contributed by atoms with Crippen molar-refractivity contribution in [3.8, 4) is 11.3 Å². The molecule has 2 aromatic carbocycles. The highest BCUT2D eigenvalue weighted by molar-refractivity contribution is 6.07. The zero-order valence-corrected chi connectivity index (χ0v) is 13.8. The van der Waals surface area contributed by atoms with Gasteiger partial charge in [0.1, 0.15) is 0 Å². The molecule has 1 aromatic heterocycles. The smallest absolute Gasteiger partial charge is 0.254 e. The molecule has 0 aliphatic carbocycles. The van der Waals surface area contributed by atoms with E-state index in [0.717, 1.165) is 53.7 Å². The highest BCUT2D eigenvalue weighted by Gasteiger charge is 2.22. The van der Waals surface area contributed by atoms with Crippen LogP contribution in [-0.4, -0.2) is 28.9 Å². The summed E-state index contributed by atoms with van der Waals surface area (Å²) in [6.07, 6.45) is 2.19.